The van der Waals surface area contributed by atoms with Crippen LogP contribution in [0.15, 0.2) is 0 Å². The van der Waals surface area contributed by atoms with Gasteiger partial charge in [-0.1, -0.05) is 27.2 Å². The topological polar surface area (TPSA) is 0 Å². The van der Waals surface area contributed by atoms with E-state index in [2.05, 4.69) is 20.8 Å². The predicted octanol–water partition coefficient (Wildman–Crippen LogP) is 2.93. The smallest absolute Gasteiger partial charge is 0.0326 e. The fourth-order valence-corrected chi connectivity index (χ4v) is 3.00. The van der Waals surface area contributed by atoms with Gasteiger partial charge < -0.3 is 0 Å². The minimum atomic E-state index is 1.01. The second-order valence-corrected chi connectivity index (χ2v) is 4.51. The molecule has 0 aromatic heterocycles. The maximum atomic E-state index is 2.45. The Balaban J connectivity index is 2.05. The average molecular weight is 138 g/mol. The molecule has 0 bridgehead atoms. The molecule has 5 unspecified atom stereocenters. The zero-order valence-electron chi connectivity index (χ0n) is 7.30. The van der Waals surface area contributed by atoms with E-state index in [1.807, 2.05) is 0 Å². The van der Waals surface area contributed by atoms with Crippen molar-refractivity contribution in [3.05, 3.63) is 0 Å². The molecule has 2 rings (SSSR count). The zero-order chi connectivity index (χ0) is 7.30. The molecule has 0 heteroatoms. The Labute approximate surface area is 64.0 Å². The molecular formula is C10H18. The molecule has 0 nitrogen and oxygen atoms in total. The van der Waals surface area contributed by atoms with Gasteiger partial charge in [-0.05, 0) is 36.0 Å². The van der Waals surface area contributed by atoms with Crippen molar-refractivity contribution in [1.29, 1.82) is 0 Å². The van der Waals surface area contributed by atoms with E-state index in [4.69, 9.17) is 0 Å². The lowest BCUT2D eigenvalue weighted by molar-refractivity contribution is 0.258. The summed E-state index contributed by atoms with van der Waals surface area (Å²) in [5.41, 5.74) is 0. The van der Waals surface area contributed by atoms with Crippen molar-refractivity contribution >= 4 is 0 Å². The summed E-state index contributed by atoms with van der Waals surface area (Å²) >= 11 is 0. The van der Waals surface area contributed by atoms with Crippen LogP contribution in [-0.2, 0) is 0 Å². The summed E-state index contributed by atoms with van der Waals surface area (Å²) in [6.45, 7) is 7.31. The van der Waals surface area contributed by atoms with Gasteiger partial charge in [-0.2, -0.15) is 0 Å². The third-order valence-corrected chi connectivity index (χ3v) is 4.10. The molecule has 2 aliphatic rings. The van der Waals surface area contributed by atoms with Crippen LogP contribution in [0.2, 0.25) is 0 Å². The van der Waals surface area contributed by atoms with Crippen LogP contribution in [0.1, 0.15) is 33.6 Å². The third kappa shape index (κ3) is 0.741. The number of hydrogen-bond acceptors (Lipinski definition) is 0. The molecule has 0 saturated heterocycles. The SMILES string of the molecule is CC1CCC2C(C)C2C1C. The van der Waals surface area contributed by atoms with Crippen molar-refractivity contribution in [3.8, 4) is 0 Å². The highest BCUT2D eigenvalue weighted by Crippen LogP contribution is 2.59. The monoisotopic (exact) mass is 138 g/mol. The molecule has 2 aliphatic carbocycles. The Morgan fingerprint density at radius 3 is 2.20 bits per heavy atom. The average Bonchev–Trinajstić information content (AvgIpc) is 2.54. The van der Waals surface area contributed by atoms with Gasteiger partial charge in [0, 0.05) is 0 Å². The van der Waals surface area contributed by atoms with Crippen molar-refractivity contribution < 1.29 is 0 Å². The minimum absolute atomic E-state index is 1.01. The summed E-state index contributed by atoms with van der Waals surface area (Å²) in [4.78, 5) is 0. The molecule has 0 heterocycles. The maximum Gasteiger partial charge on any atom is -0.0326 e. The van der Waals surface area contributed by atoms with Crippen molar-refractivity contribution in [2.45, 2.75) is 33.6 Å². The Kier molecular flexibility index (Phi) is 1.33. The molecule has 0 aromatic carbocycles. The van der Waals surface area contributed by atoms with Gasteiger partial charge in [0.1, 0.15) is 0 Å². The molecule has 2 fully saturated rings. The second-order valence-electron chi connectivity index (χ2n) is 4.51. The fourth-order valence-electron chi connectivity index (χ4n) is 3.00. The van der Waals surface area contributed by atoms with E-state index in [1.165, 1.54) is 12.8 Å². The summed E-state index contributed by atoms with van der Waals surface area (Å²) in [5, 5.41) is 0. The first kappa shape index (κ1) is 6.69. The van der Waals surface area contributed by atoms with Gasteiger partial charge in [0.2, 0.25) is 0 Å². The van der Waals surface area contributed by atoms with Crippen LogP contribution in [-0.4, -0.2) is 0 Å². The van der Waals surface area contributed by atoms with Crippen LogP contribution in [0.25, 0.3) is 0 Å². The van der Waals surface area contributed by atoms with Crippen LogP contribution in [0.5, 0.6) is 0 Å². The fraction of sp³-hybridized carbons (Fsp3) is 1.00. The Morgan fingerprint density at radius 1 is 0.900 bits per heavy atom. The highest BCUT2D eigenvalue weighted by atomic mass is 14.6. The normalized spacial score (nSPS) is 59.7. The van der Waals surface area contributed by atoms with Crippen molar-refractivity contribution in [2.75, 3.05) is 0 Å². The highest BCUT2D eigenvalue weighted by Gasteiger charge is 2.52. The van der Waals surface area contributed by atoms with Crippen molar-refractivity contribution in [1.82, 2.24) is 0 Å². The predicted molar refractivity (Wildman–Crippen MR) is 43.7 cm³/mol. The van der Waals surface area contributed by atoms with E-state index in [0.717, 1.165) is 29.6 Å². The molecule has 0 amide bonds. The Morgan fingerprint density at radius 2 is 1.60 bits per heavy atom. The third-order valence-electron chi connectivity index (χ3n) is 4.10. The van der Waals surface area contributed by atoms with E-state index in [1.54, 1.807) is 0 Å². The molecule has 0 spiro atoms. The van der Waals surface area contributed by atoms with Crippen LogP contribution in [0, 0.1) is 29.6 Å². The lowest BCUT2D eigenvalue weighted by Crippen LogP contribution is -2.15. The van der Waals surface area contributed by atoms with Crippen molar-refractivity contribution in [2.24, 2.45) is 29.6 Å². The van der Waals surface area contributed by atoms with Crippen LogP contribution in [0.3, 0.4) is 0 Å². The Bertz CT molecular complexity index is 133. The highest BCUT2D eigenvalue weighted by molar-refractivity contribution is 5.00. The molecule has 5 atom stereocenters. The van der Waals surface area contributed by atoms with Crippen molar-refractivity contribution in [3.63, 3.8) is 0 Å². The first-order valence-corrected chi connectivity index (χ1v) is 4.72. The van der Waals surface area contributed by atoms with Crippen LogP contribution in [0.4, 0.5) is 0 Å². The van der Waals surface area contributed by atoms with E-state index in [9.17, 15) is 0 Å². The van der Waals surface area contributed by atoms with Gasteiger partial charge in [-0.15, -0.1) is 0 Å². The summed E-state index contributed by atoms with van der Waals surface area (Å²) in [6, 6.07) is 0. The van der Waals surface area contributed by atoms with Gasteiger partial charge >= 0.3 is 0 Å². The second kappa shape index (κ2) is 1.99. The summed E-state index contributed by atoms with van der Waals surface area (Å²) in [5.74, 6) is 5.34. The van der Waals surface area contributed by atoms with Gasteiger partial charge in [0.25, 0.3) is 0 Å². The van der Waals surface area contributed by atoms with Gasteiger partial charge in [0.05, 0.1) is 0 Å². The van der Waals surface area contributed by atoms with Gasteiger partial charge in [-0.3, -0.25) is 0 Å². The minimum Gasteiger partial charge on any atom is -0.0622 e. The lowest BCUT2D eigenvalue weighted by Gasteiger charge is -2.24. The molecule has 0 radical (unpaired) electrons. The number of fused-ring (bicyclic) bond motifs is 1. The summed E-state index contributed by atoms with van der Waals surface area (Å²) in [6.07, 6.45) is 3.02. The van der Waals surface area contributed by atoms with Crippen LogP contribution < -0.4 is 0 Å². The first-order valence-electron chi connectivity index (χ1n) is 4.72. The Hall–Kier alpha value is 0. The zero-order valence-corrected chi connectivity index (χ0v) is 7.30. The number of rotatable bonds is 0. The van der Waals surface area contributed by atoms with Gasteiger partial charge in [0.15, 0.2) is 0 Å². The molecule has 0 aromatic rings. The van der Waals surface area contributed by atoms with Gasteiger partial charge in [-0.25, -0.2) is 0 Å². The van der Waals surface area contributed by atoms with E-state index in [0.29, 0.717) is 0 Å². The summed E-state index contributed by atoms with van der Waals surface area (Å²) in [7, 11) is 0. The van der Waals surface area contributed by atoms with E-state index < -0.39 is 0 Å². The lowest BCUT2D eigenvalue weighted by atomic mass is 9.82. The number of hydrogen-bond donors (Lipinski definition) is 0. The van der Waals surface area contributed by atoms with Crippen LogP contribution >= 0.6 is 0 Å². The van der Waals surface area contributed by atoms with E-state index in [-0.39, 0.29) is 0 Å². The molecule has 2 saturated carbocycles. The first-order chi connectivity index (χ1) is 4.72. The molecule has 10 heavy (non-hydrogen) atoms. The summed E-state index contributed by atoms with van der Waals surface area (Å²) < 4.78 is 0. The largest absolute Gasteiger partial charge is 0.0622 e. The standard InChI is InChI=1S/C10H18/c1-6-4-5-9-8(3)10(9)7(6)2/h6-10H,4-5H2,1-3H3. The molecule has 58 valence electrons. The molecular weight excluding hydrogens is 120 g/mol. The molecule has 0 N–H and O–H groups in total. The molecule has 0 aliphatic heterocycles. The van der Waals surface area contributed by atoms with E-state index >= 15 is 0 Å². The maximum absolute atomic E-state index is 2.45. The quantitative estimate of drug-likeness (QED) is 0.483.